The van der Waals surface area contributed by atoms with Crippen molar-refractivity contribution in [3.05, 3.63) is 41.1 Å². The summed E-state index contributed by atoms with van der Waals surface area (Å²) in [6.07, 6.45) is 5.87. The van der Waals surface area contributed by atoms with Crippen LogP contribution in [-0.2, 0) is 4.74 Å². The molecule has 1 aromatic carbocycles. The number of hydrogen-bond donors (Lipinski definition) is 0. The molecule has 4 rings (SSSR count). The average molecular weight is 361 g/mol. The number of halogens is 1. The number of hydrogen-bond acceptors (Lipinski definition) is 4. The first-order valence-corrected chi connectivity index (χ1v) is 7.60. The lowest BCUT2D eigenvalue weighted by atomic mass is 10.3. The molecule has 0 saturated carbocycles. The van der Waals surface area contributed by atoms with Crippen molar-refractivity contribution in [2.45, 2.75) is 0 Å². The van der Waals surface area contributed by atoms with E-state index in [0.717, 1.165) is 26.8 Å². The predicted octanol–water partition coefficient (Wildman–Crippen LogP) is 2.86. The molecule has 0 bridgehead atoms. The van der Waals surface area contributed by atoms with E-state index in [9.17, 15) is 0 Å². The summed E-state index contributed by atoms with van der Waals surface area (Å²) in [5.74, 6) is 0.525. The average Bonchev–Trinajstić information content (AvgIpc) is 3.25. The smallest absolute Gasteiger partial charge is 0.259 e. The van der Waals surface area contributed by atoms with Gasteiger partial charge in [-0.3, -0.25) is 0 Å². The number of benzene rings is 1. The minimum Gasteiger partial charge on any atom is -0.478 e. The molecule has 3 heterocycles. The Kier molecular flexibility index (Phi) is 3.24. The molecule has 112 valence electrons. The highest BCUT2D eigenvalue weighted by molar-refractivity contribution is 9.10. The zero-order valence-corrected chi connectivity index (χ0v) is 13.4. The molecule has 22 heavy (non-hydrogen) atoms. The van der Waals surface area contributed by atoms with E-state index < -0.39 is 0 Å². The Morgan fingerprint density at radius 1 is 1.23 bits per heavy atom. The van der Waals surface area contributed by atoms with E-state index in [4.69, 9.17) is 9.47 Å². The molecular formula is C15H13BrN4O2. The maximum atomic E-state index is 5.39. The fourth-order valence-corrected chi connectivity index (χ4v) is 2.93. The second-order valence-electron chi connectivity index (χ2n) is 4.93. The number of rotatable bonds is 3. The van der Waals surface area contributed by atoms with Crippen LogP contribution in [0.2, 0.25) is 0 Å². The summed E-state index contributed by atoms with van der Waals surface area (Å²) in [5.41, 5.74) is 2.70. The molecule has 0 saturated heterocycles. The monoisotopic (exact) mass is 360 g/mol. The van der Waals surface area contributed by atoms with Gasteiger partial charge in [-0.05, 0) is 18.2 Å². The quantitative estimate of drug-likeness (QED) is 0.720. The molecule has 6 nitrogen and oxygen atoms in total. The summed E-state index contributed by atoms with van der Waals surface area (Å²) in [6, 6.07) is 5.93. The first kappa shape index (κ1) is 13.5. The minimum atomic E-state index is 0.525. The standard InChI is InChI=1S/C15H13BrN4O2/c1-21-15-14(8-19(18-15)10-5-6-22-9-10)20-7-11-12(16)3-2-4-13(11)17-20/h2-5,7-8H,6,9H2,1H3. The zero-order chi connectivity index (χ0) is 15.1. The van der Waals surface area contributed by atoms with E-state index in [1.54, 1.807) is 16.5 Å². The summed E-state index contributed by atoms with van der Waals surface area (Å²) in [6.45, 7) is 1.17. The summed E-state index contributed by atoms with van der Waals surface area (Å²) in [7, 11) is 1.61. The van der Waals surface area contributed by atoms with Gasteiger partial charge in [-0.15, -0.1) is 5.10 Å². The van der Waals surface area contributed by atoms with Crippen LogP contribution in [0.15, 0.2) is 41.1 Å². The highest BCUT2D eigenvalue weighted by atomic mass is 79.9. The van der Waals surface area contributed by atoms with Crippen LogP contribution in [0.1, 0.15) is 0 Å². The molecular weight excluding hydrogens is 348 g/mol. The van der Waals surface area contributed by atoms with Crippen LogP contribution in [0.5, 0.6) is 5.88 Å². The lowest BCUT2D eigenvalue weighted by Gasteiger charge is -1.98. The predicted molar refractivity (Wildman–Crippen MR) is 86.2 cm³/mol. The third kappa shape index (κ3) is 2.13. The Morgan fingerprint density at radius 3 is 2.86 bits per heavy atom. The van der Waals surface area contributed by atoms with Gasteiger partial charge in [0, 0.05) is 16.1 Å². The first-order valence-electron chi connectivity index (χ1n) is 6.81. The van der Waals surface area contributed by atoms with Crippen molar-refractivity contribution in [3.8, 4) is 11.6 Å². The number of fused-ring (bicyclic) bond motifs is 1. The second-order valence-corrected chi connectivity index (χ2v) is 5.78. The molecule has 2 aromatic heterocycles. The third-order valence-corrected chi connectivity index (χ3v) is 4.27. The molecule has 0 radical (unpaired) electrons. The van der Waals surface area contributed by atoms with Gasteiger partial charge in [0.1, 0.15) is 5.69 Å². The molecule has 0 aliphatic carbocycles. The van der Waals surface area contributed by atoms with E-state index in [-0.39, 0.29) is 0 Å². The molecule has 3 aromatic rings. The van der Waals surface area contributed by atoms with Gasteiger partial charge in [-0.25, -0.2) is 9.36 Å². The van der Waals surface area contributed by atoms with Gasteiger partial charge in [0.2, 0.25) is 0 Å². The van der Waals surface area contributed by atoms with Crippen LogP contribution in [0.3, 0.4) is 0 Å². The van der Waals surface area contributed by atoms with Gasteiger partial charge in [-0.2, -0.15) is 5.10 Å². The van der Waals surface area contributed by atoms with Gasteiger partial charge in [0.25, 0.3) is 5.88 Å². The lowest BCUT2D eigenvalue weighted by Crippen LogP contribution is -1.99. The number of methoxy groups -OCH3 is 1. The molecule has 0 spiro atoms. The first-order chi connectivity index (χ1) is 10.8. The fraction of sp³-hybridized carbons (Fsp3) is 0.200. The molecule has 0 atom stereocenters. The number of nitrogens with zero attached hydrogens (tertiary/aromatic N) is 4. The van der Waals surface area contributed by atoms with E-state index in [1.165, 1.54) is 0 Å². The Morgan fingerprint density at radius 2 is 2.14 bits per heavy atom. The molecule has 0 fully saturated rings. The van der Waals surface area contributed by atoms with Crippen molar-refractivity contribution in [3.63, 3.8) is 0 Å². The Hall–Kier alpha value is -2.12. The van der Waals surface area contributed by atoms with Crippen molar-refractivity contribution >= 4 is 32.5 Å². The summed E-state index contributed by atoms with van der Waals surface area (Å²) < 4.78 is 15.3. The summed E-state index contributed by atoms with van der Waals surface area (Å²) >= 11 is 3.55. The van der Waals surface area contributed by atoms with Crippen LogP contribution >= 0.6 is 15.9 Å². The van der Waals surface area contributed by atoms with Crippen LogP contribution in [0.4, 0.5) is 0 Å². The lowest BCUT2D eigenvalue weighted by molar-refractivity contribution is 0.213. The Bertz CT molecular complexity index is 881. The Labute approximate surface area is 135 Å². The Balaban J connectivity index is 1.84. The van der Waals surface area contributed by atoms with Gasteiger partial charge in [0.15, 0.2) is 0 Å². The molecule has 1 aliphatic rings. The summed E-state index contributed by atoms with van der Waals surface area (Å²) in [5, 5.41) is 10.1. The van der Waals surface area contributed by atoms with E-state index >= 15 is 0 Å². The van der Waals surface area contributed by atoms with Crippen molar-refractivity contribution in [2.75, 3.05) is 20.3 Å². The maximum absolute atomic E-state index is 5.39. The van der Waals surface area contributed by atoms with Crippen molar-refractivity contribution in [1.29, 1.82) is 0 Å². The van der Waals surface area contributed by atoms with Gasteiger partial charge in [-0.1, -0.05) is 22.0 Å². The van der Waals surface area contributed by atoms with E-state index in [2.05, 4.69) is 26.1 Å². The SMILES string of the molecule is COc1nn(C2=CCOC2)cc1-n1cc2c(Br)cccc2n1. The van der Waals surface area contributed by atoms with Crippen LogP contribution in [-0.4, -0.2) is 39.9 Å². The molecule has 7 heteroatoms. The van der Waals surface area contributed by atoms with Gasteiger partial charge < -0.3 is 9.47 Å². The fourth-order valence-electron chi connectivity index (χ4n) is 2.47. The molecule has 0 amide bonds. The van der Waals surface area contributed by atoms with Gasteiger partial charge >= 0.3 is 0 Å². The highest BCUT2D eigenvalue weighted by Gasteiger charge is 2.17. The van der Waals surface area contributed by atoms with E-state index in [1.807, 2.05) is 36.7 Å². The molecule has 1 aliphatic heterocycles. The van der Waals surface area contributed by atoms with Crippen LogP contribution in [0, 0.1) is 0 Å². The molecule has 0 unspecified atom stereocenters. The zero-order valence-electron chi connectivity index (χ0n) is 11.9. The third-order valence-electron chi connectivity index (χ3n) is 3.58. The second kappa shape index (κ2) is 5.26. The van der Waals surface area contributed by atoms with E-state index in [0.29, 0.717) is 19.1 Å². The molecule has 0 N–H and O–H groups in total. The maximum Gasteiger partial charge on any atom is 0.259 e. The van der Waals surface area contributed by atoms with Crippen molar-refractivity contribution < 1.29 is 9.47 Å². The largest absolute Gasteiger partial charge is 0.478 e. The number of ether oxygens (including phenoxy) is 2. The number of aromatic nitrogens is 4. The minimum absolute atomic E-state index is 0.525. The van der Waals surface area contributed by atoms with Crippen molar-refractivity contribution in [2.24, 2.45) is 0 Å². The van der Waals surface area contributed by atoms with Crippen LogP contribution in [0.25, 0.3) is 22.3 Å². The van der Waals surface area contributed by atoms with Crippen molar-refractivity contribution in [1.82, 2.24) is 19.6 Å². The topological polar surface area (TPSA) is 54.1 Å². The highest BCUT2D eigenvalue weighted by Crippen LogP contribution is 2.28. The normalized spacial score (nSPS) is 14.5. The van der Waals surface area contributed by atoms with Crippen LogP contribution < -0.4 is 4.74 Å². The summed E-state index contributed by atoms with van der Waals surface area (Å²) in [4.78, 5) is 0. The van der Waals surface area contributed by atoms with Gasteiger partial charge in [0.05, 0.1) is 37.7 Å².